The van der Waals surface area contributed by atoms with E-state index in [1.54, 1.807) is 24.4 Å². The van der Waals surface area contributed by atoms with Crippen molar-refractivity contribution in [2.75, 3.05) is 0 Å². The van der Waals surface area contributed by atoms with Crippen LogP contribution in [0.15, 0.2) is 54.7 Å². The van der Waals surface area contributed by atoms with E-state index in [1.807, 2.05) is 31.2 Å². The van der Waals surface area contributed by atoms with Crippen LogP contribution in [0.2, 0.25) is 0 Å². The molecule has 0 saturated heterocycles. The fraction of sp³-hybridized carbons (Fsp3) is 0.125. The highest BCUT2D eigenvalue weighted by Crippen LogP contribution is 2.21. The monoisotopic (exact) mass is 310 g/mol. The molecule has 0 amide bonds. The van der Waals surface area contributed by atoms with Gasteiger partial charge in [0.15, 0.2) is 0 Å². The first kappa shape index (κ1) is 14.7. The second-order valence-electron chi connectivity index (χ2n) is 5.00. The lowest BCUT2D eigenvalue weighted by Gasteiger charge is -2.03. The van der Waals surface area contributed by atoms with Gasteiger partial charge in [-0.3, -0.25) is 10.1 Å². The molecule has 116 valence electrons. The van der Waals surface area contributed by atoms with Crippen LogP contribution in [0.1, 0.15) is 11.3 Å². The van der Waals surface area contributed by atoms with E-state index in [2.05, 4.69) is 10.3 Å². The van der Waals surface area contributed by atoms with Gasteiger partial charge in [0.1, 0.15) is 23.7 Å². The molecule has 1 heterocycles. The van der Waals surface area contributed by atoms with Crippen molar-refractivity contribution in [1.82, 2.24) is 15.0 Å². The molecule has 0 fully saturated rings. The minimum atomic E-state index is -0.445. The van der Waals surface area contributed by atoms with Crippen LogP contribution in [0, 0.1) is 17.0 Å². The maximum atomic E-state index is 11.1. The zero-order chi connectivity index (χ0) is 16.2. The van der Waals surface area contributed by atoms with Crippen molar-refractivity contribution < 1.29 is 9.66 Å². The molecule has 0 radical (unpaired) electrons. The summed E-state index contributed by atoms with van der Waals surface area (Å²) in [6, 6.07) is 14.0. The Labute approximate surface area is 132 Å². The van der Waals surface area contributed by atoms with Crippen LogP contribution in [0.3, 0.4) is 0 Å². The van der Waals surface area contributed by atoms with Gasteiger partial charge in [0, 0.05) is 6.07 Å². The quantitative estimate of drug-likeness (QED) is 0.534. The van der Waals surface area contributed by atoms with Crippen molar-refractivity contribution in [1.29, 1.82) is 0 Å². The summed E-state index contributed by atoms with van der Waals surface area (Å²) >= 11 is 0. The van der Waals surface area contributed by atoms with Crippen molar-refractivity contribution in [3.05, 3.63) is 76.1 Å². The minimum Gasteiger partial charge on any atom is -0.487 e. The maximum Gasteiger partial charge on any atom is 0.294 e. The number of rotatable bonds is 5. The molecule has 0 bridgehead atoms. The maximum absolute atomic E-state index is 11.1. The number of nitro benzene ring substituents is 1. The number of benzene rings is 2. The standard InChI is InChI=1S/C16H14N4O3/c1-12-6-8-14(9-7-12)23-11-13-10-19(18-17-13)15-4-2-3-5-16(15)20(21)22/h2-10H,11H2,1H3. The molecule has 0 unspecified atom stereocenters. The molecule has 1 aromatic heterocycles. The van der Waals surface area contributed by atoms with Gasteiger partial charge in [0.25, 0.3) is 5.69 Å². The van der Waals surface area contributed by atoms with Crippen LogP contribution in [-0.2, 0) is 6.61 Å². The number of nitro groups is 1. The number of ether oxygens (including phenoxy) is 1. The van der Waals surface area contributed by atoms with Crippen molar-refractivity contribution in [2.45, 2.75) is 13.5 Å². The summed E-state index contributed by atoms with van der Waals surface area (Å²) in [5, 5.41) is 19.0. The molecule has 3 rings (SSSR count). The minimum absolute atomic E-state index is 0.0246. The van der Waals surface area contributed by atoms with Gasteiger partial charge in [0.2, 0.25) is 0 Å². The van der Waals surface area contributed by atoms with Crippen LogP contribution < -0.4 is 4.74 Å². The summed E-state index contributed by atoms with van der Waals surface area (Å²) in [4.78, 5) is 10.6. The summed E-state index contributed by atoms with van der Waals surface area (Å²) in [5.41, 5.74) is 2.08. The smallest absolute Gasteiger partial charge is 0.294 e. The van der Waals surface area contributed by atoms with Gasteiger partial charge in [-0.2, -0.15) is 0 Å². The third kappa shape index (κ3) is 3.34. The lowest BCUT2D eigenvalue weighted by molar-refractivity contribution is -0.384. The fourth-order valence-corrected chi connectivity index (χ4v) is 2.09. The molecule has 2 aromatic carbocycles. The third-order valence-electron chi connectivity index (χ3n) is 3.27. The van der Waals surface area contributed by atoms with E-state index in [0.717, 1.165) is 11.3 Å². The highest BCUT2D eigenvalue weighted by atomic mass is 16.6. The summed E-state index contributed by atoms with van der Waals surface area (Å²) in [5.74, 6) is 0.732. The number of aryl methyl sites for hydroxylation is 1. The largest absolute Gasteiger partial charge is 0.487 e. The van der Waals surface area contributed by atoms with Gasteiger partial charge in [-0.05, 0) is 25.1 Å². The van der Waals surface area contributed by atoms with Gasteiger partial charge in [-0.25, -0.2) is 4.68 Å². The Hall–Kier alpha value is -3.22. The Morgan fingerprint density at radius 1 is 1.17 bits per heavy atom. The van der Waals surface area contributed by atoms with Crippen molar-refractivity contribution in [2.24, 2.45) is 0 Å². The molecule has 7 nitrogen and oxygen atoms in total. The number of para-hydroxylation sites is 2. The molecular formula is C16H14N4O3. The van der Waals surface area contributed by atoms with Gasteiger partial charge >= 0.3 is 0 Å². The highest BCUT2D eigenvalue weighted by Gasteiger charge is 2.15. The molecule has 0 aliphatic carbocycles. The lowest BCUT2D eigenvalue weighted by Crippen LogP contribution is -2.00. The summed E-state index contributed by atoms with van der Waals surface area (Å²) in [7, 11) is 0. The summed E-state index contributed by atoms with van der Waals surface area (Å²) < 4.78 is 7.01. The van der Waals surface area contributed by atoms with Crippen molar-refractivity contribution in [3.8, 4) is 11.4 Å². The van der Waals surface area contributed by atoms with Crippen LogP contribution in [0.5, 0.6) is 5.75 Å². The molecule has 0 aliphatic heterocycles. The second-order valence-corrected chi connectivity index (χ2v) is 5.00. The fourth-order valence-electron chi connectivity index (χ4n) is 2.09. The van der Waals surface area contributed by atoms with Crippen LogP contribution >= 0.6 is 0 Å². The van der Waals surface area contributed by atoms with E-state index in [1.165, 1.54) is 10.7 Å². The van der Waals surface area contributed by atoms with E-state index in [4.69, 9.17) is 4.74 Å². The molecule has 7 heteroatoms. The number of hydrogen-bond acceptors (Lipinski definition) is 5. The van der Waals surface area contributed by atoms with E-state index in [-0.39, 0.29) is 12.3 Å². The first-order chi connectivity index (χ1) is 11.1. The Balaban J connectivity index is 1.76. The predicted octanol–water partition coefficient (Wildman–Crippen LogP) is 3.06. The molecular weight excluding hydrogens is 296 g/mol. The predicted molar refractivity (Wildman–Crippen MR) is 83.5 cm³/mol. The molecule has 0 spiro atoms. The SMILES string of the molecule is Cc1ccc(OCc2cn(-c3ccccc3[N+](=O)[O-])nn2)cc1. The van der Waals surface area contributed by atoms with Crippen molar-refractivity contribution >= 4 is 5.69 Å². The van der Waals surface area contributed by atoms with Crippen LogP contribution in [0.25, 0.3) is 5.69 Å². The van der Waals surface area contributed by atoms with Gasteiger partial charge in [-0.1, -0.05) is 35.0 Å². The highest BCUT2D eigenvalue weighted by molar-refractivity contribution is 5.51. The molecule has 0 atom stereocenters. The van der Waals surface area contributed by atoms with E-state index < -0.39 is 4.92 Å². The molecule has 0 aliphatic rings. The second kappa shape index (κ2) is 6.27. The average molecular weight is 310 g/mol. The normalized spacial score (nSPS) is 10.5. The Bertz CT molecular complexity index is 827. The number of aromatic nitrogens is 3. The molecule has 0 saturated carbocycles. The van der Waals surface area contributed by atoms with Crippen LogP contribution in [0.4, 0.5) is 5.69 Å². The van der Waals surface area contributed by atoms with E-state index in [9.17, 15) is 10.1 Å². The van der Waals surface area contributed by atoms with Gasteiger partial charge in [-0.15, -0.1) is 5.10 Å². The average Bonchev–Trinajstić information content (AvgIpc) is 3.03. The van der Waals surface area contributed by atoms with E-state index in [0.29, 0.717) is 11.4 Å². The Morgan fingerprint density at radius 2 is 1.91 bits per heavy atom. The summed E-state index contributed by atoms with van der Waals surface area (Å²) in [6.07, 6.45) is 1.62. The van der Waals surface area contributed by atoms with E-state index >= 15 is 0 Å². The molecule has 0 N–H and O–H groups in total. The Morgan fingerprint density at radius 3 is 2.65 bits per heavy atom. The molecule has 3 aromatic rings. The zero-order valence-corrected chi connectivity index (χ0v) is 12.4. The topological polar surface area (TPSA) is 83.1 Å². The molecule has 23 heavy (non-hydrogen) atoms. The van der Waals surface area contributed by atoms with Crippen molar-refractivity contribution in [3.63, 3.8) is 0 Å². The van der Waals surface area contributed by atoms with Crippen LogP contribution in [-0.4, -0.2) is 19.9 Å². The summed E-state index contributed by atoms with van der Waals surface area (Å²) in [6.45, 7) is 2.24. The lowest BCUT2D eigenvalue weighted by atomic mass is 10.2. The van der Waals surface area contributed by atoms with Gasteiger partial charge in [0.05, 0.1) is 11.1 Å². The zero-order valence-electron chi connectivity index (χ0n) is 12.4. The number of nitrogens with zero attached hydrogens (tertiary/aromatic N) is 4. The number of hydrogen-bond donors (Lipinski definition) is 0. The Kier molecular flexibility index (Phi) is 4.01. The first-order valence-electron chi connectivity index (χ1n) is 6.98. The first-order valence-corrected chi connectivity index (χ1v) is 6.98. The van der Waals surface area contributed by atoms with Gasteiger partial charge < -0.3 is 4.74 Å². The third-order valence-corrected chi connectivity index (χ3v) is 3.27.